The number of piperidine rings is 1. The highest BCUT2D eigenvalue weighted by molar-refractivity contribution is 7.98. The van der Waals surface area contributed by atoms with Crippen molar-refractivity contribution in [3.8, 4) is 5.75 Å². The van der Waals surface area contributed by atoms with Gasteiger partial charge in [-0.25, -0.2) is 0 Å². The zero-order valence-corrected chi connectivity index (χ0v) is 16.5. The van der Waals surface area contributed by atoms with E-state index in [1.807, 2.05) is 23.1 Å². The Labute approximate surface area is 167 Å². The highest BCUT2D eigenvalue weighted by Crippen LogP contribution is 2.30. The third-order valence-corrected chi connectivity index (χ3v) is 6.13. The van der Waals surface area contributed by atoms with Crippen LogP contribution in [0.3, 0.4) is 0 Å². The Balaban J connectivity index is 0.00000210. The fourth-order valence-electron chi connectivity index (χ4n) is 3.81. The number of carbonyl (C=O) groups is 1. The number of hydrogen-bond donors (Lipinski definition) is 2. The van der Waals surface area contributed by atoms with Gasteiger partial charge in [0.1, 0.15) is 11.9 Å². The van der Waals surface area contributed by atoms with Gasteiger partial charge >= 0.3 is 5.97 Å². The molecule has 8 heteroatoms. The molecule has 0 bridgehead atoms. The number of aryl methyl sites for hydroxylation is 1. The molecule has 4 rings (SSSR count). The highest BCUT2D eigenvalue weighted by Gasteiger charge is 2.22. The van der Waals surface area contributed by atoms with Crippen molar-refractivity contribution in [1.29, 1.82) is 0 Å². The summed E-state index contributed by atoms with van der Waals surface area (Å²) in [6.07, 6.45) is 2.67. The van der Waals surface area contributed by atoms with E-state index in [2.05, 4.69) is 4.98 Å². The molecule has 3 heterocycles. The summed E-state index contributed by atoms with van der Waals surface area (Å²) in [7, 11) is 0. The van der Waals surface area contributed by atoms with E-state index in [1.165, 1.54) is 0 Å². The molecule has 6 nitrogen and oxygen atoms in total. The van der Waals surface area contributed by atoms with Crippen LogP contribution >= 0.6 is 24.2 Å². The van der Waals surface area contributed by atoms with E-state index in [4.69, 9.17) is 9.84 Å². The van der Waals surface area contributed by atoms with Gasteiger partial charge in [-0.2, -0.15) is 11.8 Å². The van der Waals surface area contributed by atoms with Crippen LogP contribution in [0.15, 0.2) is 23.0 Å². The number of thioether (sulfide) groups is 1. The first-order valence-electron chi connectivity index (χ1n) is 8.96. The van der Waals surface area contributed by atoms with Gasteiger partial charge in [0.25, 0.3) is 5.56 Å². The number of rotatable bonds is 4. The lowest BCUT2D eigenvalue weighted by molar-refractivity contribution is -0.138. The molecule has 0 unspecified atom stereocenters. The van der Waals surface area contributed by atoms with Crippen LogP contribution in [0.1, 0.15) is 24.0 Å². The van der Waals surface area contributed by atoms with Gasteiger partial charge in [0.15, 0.2) is 0 Å². The Morgan fingerprint density at radius 1 is 1.30 bits per heavy atom. The van der Waals surface area contributed by atoms with E-state index in [0.29, 0.717) is 0 Å². The van der Waals surface area contributed by atoms with Crippen LogP contribution in [0, 0.1) is 0 Å². The average Bonchev–Trinajstić information content (AvgIpc) is 2.64. The minimum atomic E-state index is -0.782. The molecule has 2 N–H and O–H groups in total. The third-order valence-electron chi connectivity index (χ3n) is 5.14. The molecule has 146 valence electrons. The number of nitrogens with zero attached hydrogens (tertiary/aromatic N) is 1. The average molecular weight is 411 g/mol. The van der Waals surface area contributed by atoms with Crippen LogP contribution in [0.2, 0.25) is 0 Å². The van der Waals surface area contributed by atoms with Crippen LogP contribution < -0.4 is 10.3 Å². The molecular weight excluding hydrogens is 388 g/mol. The number of likely N-dealkylation sites (tertiary alicyclic amines) is 1. The molecule has 1 fully saturated rings. The molecule has 1 aromatic heterocycles. The van der Waals surface area contributed by atoms with Gasteiger partial charge in [-0.3, -0.25) is 14.5 Å². The number of aromatic amines is 1. The maximum Gasteiger partial charge on any atom is 0.317 e. The van der Waals surface area contributed by atoms with Gasteiger partial charge in [0.05, 0.1) is 6.54 Å². The lowest BCUT2D eigenvalue weighted by Gasteiger charge is -2.31. The molecule has 2 aromatic rings. The predicted octanol–water partition coefficient (Wildman–Crippen LogP) is 2.67. The van der Waals surface area contributed by atoms with E-state index in [-0.39, 0.29) is 30.6 Å². The normalized spacial score (nSPS) is 17.9. The lowest BCUT2D eigenvalue weighted by atomic mass is 10.0. The number of benzene rings is 1. The summed E-state index contributed by atoms with van der Waals surface area (Å²) in [4.78, 5) is 28.0. The standard InChI is InChI=1S/C19H22N2O4S.ClH/c22-18(23)10-21-6-3-12(4-7-21)25-13-1-2-17-15(9-13)14-5-8-26-11-16(14)19(24)20-17;/h1-2,9,12H,3-8,10-11H2,(H,20,24)(H,22,23);1H. The zero-order valence-electron chi connectivity index (χ0n) is 14.9. The second kappa shape index (κ2) is 8.54. The van der Waals surface area contributed by atoms with Crippen LogP contribution in [0.4, 0.5) is 0 Å². The number of carboxylic acid groups (broad SMARTS) is 1. The van der Waals surface area contributed by atoms with E-state index in [0.717, 1.165) is 71.6 Å². The number of pyridine rings is 1. The molecule has 2 aliphatic heterocycles. The fraction of sp³-hybridized carbons (Fsp3) is 0.474. The monoisotopic (exact) mass is 410 g/mol. The van der Waals surface area contributed by atoms with E-state index < -0.39 is 5.97 Å². The number of aliphatic carboxylic acids is 1. The van der Waals surface area contributed by atoms with Crippen LogP contribution in [0.5, 0.6) is 5.75 Å². The van der Waals surface area contributed by atoms with Crippen LogP contribution in [-0.4, -0.2) is 52.5 Å². The highest BCUT2D eigenvalue weighted by atomic mass is 35.5. The van der Waals surface area contributed by atoms with Crippen molar-refractivity contribution in [2.75, 3.05) is 25.4 Å². The molecule has 1 saturated heterocycles. The van der Waals surface area contributed by atoms with Crippen molar-refractivity contribution < 1.29 is 14.6 Å². The second-order valence-corrected chi connectivity index (χ2v) is 8.01. The maximum absolute atomic E-state index is 12.2. The molecule has 0 atom stereocenters. The number of halogens is 1. The number of aromatic nitrogens is 1. The quantitative estimate of drug-likeness (QED) is 0.806. The number of H-pyrrole nitrogens is 1. The first-order chi connectivity index (χ1) is 12.6. The van der Waals surface area contributed by atoms with Crippen molar-refractivity contribution in [2.24, 2.45) is 0 Å². The molecule has 27 heavy (non-hydrogen) atoms. The van der Waals surface area contributed by atoms with Crippen molar-refractivity contribution in [3.63, 3.8) is 0 Å². The smallest absolute Gasteiger partial charge is 0.317 e. The number of nitrogens with one attached hydrogen (secondary N) is 1. The van der Waals surface area contributed by atoms with Gasteiger partial charge in [0, 0.05) is 35.3 Å². The molecule has 1 aromatic carbocycles. The molecule has 0 aliphatic carbocycles. The van der Waals surface area contributed by atoms with Crippen molar-refractivity contribution >= 4 is 41.0 Å². The summed E-state index contributed by atoms with van der Waals surface area (Å²) in [5.74, 6) is 1.85. The topological polar surface area (TPSA) is 82.6 Å². The summed E-state index contributed by atoms with van der Waals surface area (Å²) in [5.41, 5.74) is 2.94. The summed E-state index contributed by atoms with van der Waals surface area (Å²) in [6, 6.07) is 5.88. The Hall–Kier alpha value is -1.70. The Kier molecular flexibility index (Phi) is 6.34. The minimum absolute atomic E-state index is 0. The Morgan fingerprint density at radius 2 is 2.07 bits per heavy atom. The SMILES string of the molecule is Cl.O=C(O)CN1CCC(Oc2ccc3[nH]c(=O)c4c(c3c2)CCSC4)CC1. The first-order valence-corrected chi connectivity index (χ1v) is 10.1. The zero-order chi connectivity index (χ0) is 18.1. The number of fused-ring (bicyclic) bond motifs is 3. The van der Waals surface area contributed by atoms with Crippen LogP contribution in [0.25, 0.3) is 10.9 Å². The minimum Gasteiger partial charge on any atom is -0.490 e. The van der Waals surface area contributed by atoms with Crippen molar-refractivity contribution in [3.05, 3.63) is 39.7 Å². The van der Waals surface area contributed by atoms with Gasteiger partial charge in [-0.1, -0.05) is 0 Å². The Morgan fingerprint density at radius 3 is 2.81 bits per heavy atom. The number of ether oxygens (including phenoxy) is 1. The molecular formula is C19H23ClN2O4S. The second-order valence-electron chi connectivity index (χ2n) is 6.91. The summed E-state index contributed by atoms with van der Waals surface area (Å²) in [5, 5.41) is 9.97. The number of carboxylic acids is 1. The molecule has 0 radical (unpaired) electrons. The summed E-state index contributed by atoms with van der Waals surface area (Å²) in [6.45, 7) is 1.58. The van der Waals surface area contributed by atoms with Crippen molar-refractivity contribution in [2.45, 2.75) is 31.1 Å². The van der Waals surface area contributed by atoms with Gasteiger partial charge in [0.2, 0.25) is 0 Å². The third kappa shape index (κ3) is 4.42. The molecule has 0 spiro atoms. The van der Waals surface area contributed by atoms with E-state index >= 15 is 0 Å². The largest absolute Gasteiger partial charge is 0.490 e. The van der Waals surface area contributed by atoms with Crippen LogP contribution in [-0.2, 0) is 17.0 Å². The lowest BCUT2D eigenvalue weighted by Crippen LogP contribution is -2.40. The first kappa shape index (κ1) is 20.0. The molecule has 2 aliphatic rings. The van der Waals surface area contributed by atoms with Gasteiger partial charge < -0.3 is 14.8 Å². The van der Waals surface area contributed by atoms with Gasteiger partial charge in [-0.05, 0) is 48.8 Å². The summed E-state index contributed by atoms with van der Waals surface area (Å²) >= 11 is 1.80. The predicted molar refractivity (Wildman–Crippen MR) is 109 cm³/mol. The van der Waals surface area contributed by atoms with E-state index in [9.17, 15) is 9.59 Å². The summed E-state index contributed by atoms with van der Waals surface area (Å²) < 4.78 is 6.17. The number of hydrogen-bond acceptors (Lipinski definition) is 5. The molecule has 0 amide bonds. The van der Waals surface area contributed by atoms with Gasteiger partial charge in [-0.15, -0.1) is 12.4 Å². The Bertz CT molecular complexity index is 893. The van der Waals surface area contributed by atoms with Crippen molar-refractivity contribution in [1.82, 2.24) is 9.88 Å². The van der Waals surface area contributed by atoms with E-state index in [1.54, 1.807) is 11.8 Å². The maximum atomic E-state index is 12.2. The molecule has 0 saturated carbocycles. The fourth-order valence-corrected chi connectivity index (χ4v) is 4.81.